The summed E-state index contributed by atoms with van der Waals surface area (Å²) in [6.45, 7) is 0. The Balaban J connectivity index is 0.000000202. The molecule has 0 spiro atoms. The molecule has 3 rings (SSSR count). The lowest BCUT2D eigenvalue weighted by atomic mass is 10.1. The molecule has 0 bridgehead atoms. The van der Waals surface area contributed by atoms with Crippen molar-refractivity contribution in [3.05, 3.63) is 65.6 Å². The Morgan fingerprint density at radius 2 is 1.72 bits per heavy atom. The smallest absolute Gasteiger partial charge is 0.152 e. The van der Waals surface area contributed by atoms with E-state index in [1.807, 2.05) is 12.1 Å². The monoisotopic (exact) mass is 239 g/mol. The van der Waals surface area contributed by atoms with Crippen molar-refractivity contribution in [2.45, 2.75) is 6.42 Å². The minimum absolute atomic E-state index is 0.0481. The molecule has 0 heterocycles. The van der Waals surface area contributed by atoms with Gasteiger partial charge in [0.05, 0.1) is 0 Å². The van der Waals surface area contributed by atoms with E-state index in [-0.39, 0.29) is 11.4 Å². The summed E-state index contributed by atoms with van der Waals surface area (Å²) >= 11 is 0. The van der Waals surface area contributed by atoms with Gasteiger partial charge in [0.15, 0.2) is 5.75 Å². The largest absolute Gasteiger partial charge is 0.505 e. The molecule has 0 saturated heterocycles. The van der Waals surface area contributed by atoms with Crippen LogP contribution >= 0.6 is 0 Å². The van der Waals surface area contributed by atoms with Crippen LogP contribution in [0.1, 0.15) is 6.42 Å². The highest BCUT2D eigenvalue weighted by molar-refractivity contribution is 5.92. The molecular weight excluding hydrogens is 226 g/mol. The second kappa shape index (κ2) is 5.77. The Labute approximate surface area is 105 Å². The average molecular weight is 239 g/mol. The predicted octanol–water partition coefficient (Wildman–Crippen LogP) is 4.45. The van der Waals surface area contributed by atoms with Crippen LogP contribution in [0.3, 0.4) is 0 Å². The second-order valence-electron chi connectivity index (χ2n) is 3.84. The van der Waals surface area contributed by atoms with E-state index in [1.165, 1.54) is 6.07 Å². The minimum Gasteiger partial charge on any atom is -0.505 e. The summed E-state index contributed by atoms with van der Waals surface area (Å²) in [6.07, 6.45) is 9.50. The third-order valence-electron chi connectivity index (χ3n) is 2.63. The number of benzene rings is 2. The van der Waals surface area contributed by atoms with E-state index in [4.69, 9.17) is 0 Å². The first-order valence-electron chi connectivity index (χ1n) is 5.68. The number of phenolic OH excluding ortho intramolecular Hbond substituents is 1. The van der Waals surface area contributed by atoms with E-state index in [1.54, 1.807) is 18.2 Å². The van der Waals surface area contributed by atoms with Crippen LogP contribution in [0.2, 0.25) is 0 Å². The number of fused-ring (bicyclic) bond motifs is 1. The molecule has 0 aromatic heterocycles. The summed E-state index contributed by atoms with van der Waals surface area (Å²) in [7, 11) is 0. The van der Waals surface area contributed by atoms with Gasteiger partial charge in [-0.25, -0.2) is 0 Å². The third-order valence-corrected chi connectivity index (χ3v) is 2.63. The first-order chi connectivity index (χ1) is 8.83. The number of hydrogen-bond donors (Lipinski definition) is 1. The van der Waals surface area contributed by atoms with Crippen LogP contribution in [0.5, 0.6) is 5.75 Å². The molecule has 0 unspecified atom stereocenters. The first-order valence-corrected chi connectivity index (χ1v) is 5.68. The van der Waals surface area contributed by atoms with Crippen LogP contribution in [0.25, 0.3) is 10.8 Å². The quantitative estimate of drug-likeness (QED) is 0.747. The Morgan fingerprint density at radius 3 is 2.33 bits per heavy atom. The molecular formula is C15H13NO2. The van der Waals surface area contributed by atoms with Gasteiger partial charge in [-0.1, -0.05) is 54.6 Å². The zero-order valence-electron chi connectivity index (χ0n) is 9.78. The molecule has 0 aliphatic heterocycles. The highest BCUT2D eigenvalue weighted by atomic mass is 16.3. The predicted molar refractivity (Wildman–Crippen MR) is 74.0 cm³/mol. The molecule has 0 radical (unpaired) electrons. The number of hydrogen-bond acceptors (Lipinski definition) is 3. The maximum atomic E-state index is 10.3. The van der Waals surface area contributed by atoms with Crippen LogP contribution < -0.4 is 0 Å². The van der Waals surface area contributed by atoms with Crippen molar-refractivity contribution in [3.63, 3.8) is 0 Å². The summed E-state index contributed by atoms with van der Waals surface area (Å²) in [5, 5.41) is 13.8. The first kappa shape index (κ1) is 12.0. The molecule has 0 fully saturated rings. The van der Waals surface area contributed by atoms with Crippen molar-refractivity contribution < 1.29 is 5.11 Å². The lowest BCUT2D eigenvalue weighted by Crippen LogP contribution is -1.73. The number of aromatic hydroxyl groups is 1. The van der Waals surface area contributed by atoms with Gasteiger partial charge in [-0.3, -0.25) is 0 Å². The molecule has 1 aliphatic carbocycles. The summed E-state index contributed by atoms with van der Waals surface area (Å²) < 4.78 is 0. The number of nitrogens with zero attached hydrogens (tertiary/aromatic N) is 1. The topological polar surface area (TPSA) is 49.7 Å². The fourth-order valence-electron chi connectivity index (χ4n) is 1.71. The lowest BCUT2D eigenvalue weighted by molar-refractivity contribution is 0.483. The van der Waals surface area contributed by atoms with E-state index >= 15 is 0 Å². The molecule has 0 amide bonds. The van der Waals surface area contributed by atoms with Gasteiger partial charge in [0.1, 0.15) is 5.69 Å². The van der Waals surface area contributed by atoms with Crippen molar-refractivity contribution >= 4 is 16.5 Å². The molecule has 3 heteroatoms. The van der Waals surface area contributed by atoms with E-state index in [9.17, 15) is 10.0 Å². The van der Waals surface area contributed by atoms with Gasteiger partial charge < -0.3 is 5.11 Å². The van der Waals surface area contributed by atoms with Gasteiger partial charge in [-0.2, -0.15) is 0 Å². The third kappa shape index (κ3) is 2.63. The zero-order chi connectivity index (χ0) is 12.8. The maximum absolute atomic E-state index is 10.3. The van der Waals surface area contributed by atoms with Gasteiger partial charge >= 0.3 is 0 Å². The Bertz CT molecular complexity index is 605. The SMILES string of the molecule is C1=CCC=C1.O=Nc1ccc2ccccc2c1O. The Morgan fingerprint density at radius 1 is 1.00 bits per heavy atom. The Kier molecular flexibility index (Phi) is 3.86. The van der Waals surface area contributed by atoms with Crippen LogP contribution in [-0.2, 0) is 0 Å². The molecule has 3 nitrogen and oxygen atoms in total. The van der Waals surface area contributed by atoms with E-state index in [0.29, 0.717) is 5.39 Å². The van der Waals surface area contributed by atoms with Gasteiger partial charge in [0.25, 0.3) is 0 Å². The summed E-state index contributed by atoms with van der Waals surface area (Å²) in [5.41, 5.74) is 0.0821. The molecule has 2 aromatic rings. The lowest BCUT2D eigenvalue weighted by Gasteiger charge is -2.00. The fourth-order valence-corrected chi connectivity index (χ4v) is 1.71. The minimum atomic E-state index is -0.0481. The number of phenols is 1. The van der Waals surface area contributed by atoms with Gasteiger partial charge in [0.2, 0.25) is 0 Å². The standard InChI is InChI=1S/C10H7NO2.C5H6/c12-10-8-4-2-1-3-7(8)5-6-9(10)11-13;1-2-4-5-3-1/h1-6,12H;1-4H,5H2. The number of rotatable bonds is 1. The molecule has 18 heavy (non-hydrogen) atoms. The van der Waals surface area contributed by atoms with Gasteiger partial charge in [0, 0.05) is 5.39 Å². The normalized spacial score (nSPS) is 12.2. The Hall–Kier alpha value is -2.42. The van der Waals surface area contributed by atoms with E-state index in [0.717, 1.165) is 11.8 Å². The second-order valence-corrected chi connectivity index (χ2v) is 3.84. The summed E-state index contributed by atoms with van der Waals surface area (Å²) in [6, 6.07) is 10.5. The van der Waals surface area contributed by atoms with Crippen LogP contribution in [0.15, 0.2) is 65.9 Å². The van der Waals surface area contributed by atoms with Crippen molar-refractivity contribution in [3.8, 4) is 5.75 Å². The van der Waals surface area contributed by atoms with E-state index < -0.39 is 0 Å². The van der Waals surface area contributed by atoms with Gasteiger partial charge in [-0.05, 0) is 23.1 Å². The molecule has 0 atom stereocenters. The summed E-state index contributed by atoms with van der Waals surface area (Å²) in [4.78, 5) is 10.3. The van der Waals surface area contributed by atoms with E-state index in [2.05, 4.69) is 29.5 Å². The van der Waals surface area contributed by atoms with Crippen molar-refractivity contribution in [2.75, 3.05) is 0 Å². The molecule has 2 aromatic carbocycles. The van der Waals surface area contributed by atoms with Crippen molar-refractivity contribution in [1.29, 1.82) is 0 Å². The fraction of sp³-hybridized carbons (Fsp3) is 0.0667. The molecule has 1 aliphatic rings. The molecule has 90 valence electrons. The molecule has 1 N–H and O–H groups in total. The highest BCUT2D eigenvalue weighted by Gasteiger charge is 2.04. The van der Waals surface area contributed by atoms with Crippen molar-refractivity contribution in [2.24, 2.45) is 5.18 Å². The van der Waals surface area contributed by atoms with Gasteiger partial charge in [-0.15, -0.1) is 4.91 Å². The zero-order valence-corrected chi connectivity index (χ0v) is 9.78. The van der Waals surface area contributed by atoms with Crippen LogP contribution in [-0.4, -0.2) is 5.11 Å². The average Bonchev–Trinajstić information content (AvgIpc) is 2.99. The number of nitroso groups, excluding NO2 is 1. The maximum Gasteiger partial charge on any atom is 0.152 e. The summed E-state index contributed by atoms with van der Waals surface area (Å²) in [5.74, 6) is -0.0481. The van der Waals surface area contributed by atoms with Crippen LogP contribution in [0, 0.1) is 4.91 Å². The highest BCUT2D eigenvalue weighted by Crippen LogP contribution is 2.33. The number of allylic oxidation sites excluding steroid dienone is 4. The van der Waals surface area contributed by atoms with Crippen molar-refractivity contribution in [1.82, 2.24) is 0 Å². The molecule has 0 saturated carbocycles. The van der Waals surface area contributed by atoms with Crippen LogP contribution in [0.4, 0.5) is 5.69 Å².